The first-order valence-corrected chi connectivity index (χ1v) is 7.07. The highest BCUT2D eigenvalue weighted by molar-refractivity contribution is 5.79. The van der Waals surface area contributed by atoms with Crippen LogP contribution in [0.1, 0.15) is 33.6 Å². The molecule has 104 valence electrons. The standard InChI is InChI=1S/C14H26N2O2/c1-5-18-12-8-11(14(12,2)3)16(4)13(17)10-6-7-15-9-10/h10-12,15H,5-9H2,1-4H3/t10-,11+,12+/m0/s1. The summed E-state index contributed by atoms with van der Waals surface area (Å²) in [6, 6.07) is 0.321. The summed E-state index contributed by atoms with van der Waals surface area (Å²) in [5.41, 5.74) is 0.0758. The van der Waals surface area contributed by atoms with E-state index in [2.05, 4.69) is 19.2 Å². The van der Waals surface area contributed by atoms with Crippen molar-refractivity contribution in [1.29, 1.82) is 0 Å². The van der Waals surface area contributed by atoms with Gasteiger partial charge in [0.15, 0.2) is 0 Å². The summed E-state index contributed by atoms with van der Waals surface area (Å²) < 4.78 is 5.73. The van der Waals surface area contributed by atoms with Crippen molar-refractivity contribution in [3.63, 3.8) is 0 Å². The monoisotopic (exact) mass is 254 g/mol. The fourth-order valence-electron chi connectivity index (χ4n) is 3.31. The minimum absolute atomic E-state index is 0.0758. The van der Waals surface area contributed by atoms with Gasteiger partial charge < -0.3 is 15.0 Å². The first kappa shape index (κ1) is 13.8. The molecule has 0 bridgehead atoms. The zero-order chi connectivity index (χ0) is 13.3. The van der Waals surface area contributed by atoms with E-state index in [9.17, 15) is 4.79 Å². The molecule has 3 atom stereocenters. The van der Waals surface area contributed by atoms with Crippen LogP contribution in [0.2, 0.25) is 0 Å². The molecule has 0 aromatic carbocycles. The Balaban J connectivity index is 1.94. The van der Waals surface area contributed by atoms with E-state index in [0.29, 0.717) is 18.1 Å². The molecule has 0 radical (unpaired) electrons. The van der Waals surface area contributed by atoms with Gasteiger partial charge in [0.2, 0.25) is 5.91 Å². The van der Waals surface area contributed by atoms with Crippen LogP contribution in [-0.2, 0) is 9.53 Å². The zero-order valence-electron chi connectivity index (χ0n) is 12.0. The Kier molecular flexibility index (Phi) is 3.97. The zero-order valence-corrected chi connectivity index (χ0v) is 12.0. The Morgan fingerprint density at radius 1 is 1.50 bits per heavy atom. The molecule has 1 saturated heterocycles. The smallest absolute Gasteiger partial charge is 0.227 e. The topological polar surface area (TPSA) is 41.6 Å². The highest BCUT2D eigenvalue weighted by atomic mass is 16.5. The molecule has 4 nitrogen and oxygen atoms in total. The number of ether oxygens (including phenoxy) is 1. The van der Waals surface area contributed by atoms with E-state index in [1.165, 1.54) is 0 Å². The van der Waals surface area contributed by atoms with Crippen molar-refractivity contribution < 1.29 is 9.53 Å². The van der Waals surface area contributed by atoms with Crippen LogP contribution < -0.4 is 5.32 Å². The molecule has 0 aromatic rings. The maximum atomic E-state index is 12.4. The van der Waals surface area contributed by atoms with E-state index in [0.717, 1.165) is 32.5 Å². The third-order valence-corrected chi connectivity index (χ3v) is 4.72. The number of hydrogen-bond acceptors (Lipinski definition) is 3. The lowest BCUT2D eigenvalue weighted by Gasteiger charge is -2.55. The Labute approximate surface area is 110 Å². The van der Waals surface area contributed by atoms with Gasteiger partial charge in [0.1, 0.15) is 0 Å². The van der Waals surface area contributed by atoms with Gasteiger partial charge in [-0.3, -0.25) is 4.79 Å². The normalized spacial score (nSPS) is 34.1. The van der Waals surface area contributed by atoms with Crippen LogP contribution >= 0.6 is 0 Å². The third kappa shape index (κ3) is 2.28. The van der Waals surface area contributed by atoms with Crippen molar-refractivity contribution in [1.82, 2.24) is 10.2 Å². The van der Waals surface area contributed by atoms with Crippen LogP contribution in [0.5, 0.6) is 0 Å². The Hall–Kier alpha value is -0.610. The molecule has 2 fully saturated rings. The van der Waals surface area contributed by atoms with E-state index < -0.39 is 0 Å². The fourth-order valence-corrected chi connectivity index (χ4v) is 3.31. The van der Waals surface area contributed by atoms with Gasteiger partial charge in [0, 0.05) is 31.7 Å². The van der Waals surface area contributed by atoms with E-state index in [-0.39, 0.29) is 11.3 Å². The first-order chi connectivity index (χ1) is 8.48. The lowest BCUT2D eigenvalue weighted by atomic mass is 9.63. The Bertz CT molecular complexity index is 311. The Morgan fingerprint density at radius 3 is 2.72 bits per heavy atom. The van der Waals surface area contributed by atoms with Gasteiger partial charge in [-0.05, 0) is 26.3 Å². The number of amides is 1. The highest BCUT2D eigenvalue weighted by Gasteiger charge is 2.52. The van der Waals surface area contributed by atoms with Crippen LogP contribution in [0.3, 0.4) is 0 Å². The maximum Gasteiger partial charge on any atom is 0.227 e. The quantitative estimate of drug-likeness (QED) is 0.821. The lowest BCUT2D eigenvalue weighted by Crippen LogP contribution is -2.63. The molecule has 4 heteroatoms. The molecular formula is C14H26N2O2. The van der Waals surface area contributed by atoms with Gasteiger partial charge >= 0.3 is 0 Å². The fraction of sp³-hybridized carbons (Fsp3) is 0.929. The van der Waals surface area contributed by atoms with Crippen molar-refractivity contribution in [3.8, 4) is 0 Å². The molecule has 1 heterocycles. The van der Waals surface area contributed by atoms with Gasteiger partial charge in [-0.15, -0.1) is 0 Å². The third-order valence-electron chi connectivity index (χ3n) is 4.72. The molecule has 0 unspecified atom stereocenters. The predicted molar refractivity (Wildman–Crippen MR) is 71.3 cm³/mol. The molecule has 1 aliphatic carbocycles. The largest absolute Gasteiger partial charge is 0.378 e. The van der Waals surface area contributed by atoms with Crippen LogP contribution in [-0.4, -0.2) is 49.7 Å². The van der Waals surface area contributed by atoms with Crippen LogP contribution in [0, 0.1) is 11.3 Å². The van der Waals surface area contributed by atoms with E-state index in [4.69, 9.17) is 4.74 Å². The second-order valence-corrected chi connectivity index (χ2v) is 6.16. The van der Waals surface area contributed by atoms with Gasteiger partial charge in [0.05, 0.1) is 12.0 Å². The van der Waals surface area contributed by atoms with E-state index in [1.54, 1.807) is 0 Å². The van der Waals surface area contributed by atoms with Crippen LogP contribution in [0.25, 0.3) is 0 Å². The molecule has 2 aliphatic rings. The predicted octanol–water partition coefficient (Wildman–Crippen LogP) is 1.26. The number of rotatable bonds is 4. The molecule has 1 N–H and O–H groups in total. The molecule has 1 saturated carbocycles. The maximum absolute atomic E-state index is 12.4. The second-order valence-electron chi connectivity index (χ2n) is 6.16. The molecule has 18 heavy (non-hydrogen) atoms. The number of nitrogens with zero attached hydrogens (tertiary/aromatic N) is 1. The molecule has 0 spiro atoms. The summed E-state index contributed by atoms with van der Waals surface area (Å²) in [6.45, 7) is 9.01. The minimum Gasteiger partial charge on any atom is -0.378 e. The number of carbonyl (C=O) groups excluding carboxylic acids is 1. The van der Waals surface area contributed by atoms with Gasteiger partial charge in [-0.1, -0.05) is 13.8 Å². The SMILES string of the molecule is CCO[C@@H]1C[C@@H](N(C)C(=O)[C@H]2CCNC2)C1(C)C. The number of carbonyl (C=O) groups is 1. The Morgan fingerprint density at radius 2 is 2.22 bits per heavy atom. The van der Waals surface area contributed by atoms with Crippen molar-refractivity contribution in [3.05, 3.63) is 0 Å². The average molecular weight is 254 g/mol. The van der Waals surface area contributed by atoms with Crippen LogP contribution in [0.15, 0.2) is 0 Å². The van der Waals surface area contributed by atoms with Crippen molar-refractivity contribution in [2.24, 2.45) is 11.3 Å². The highest BCUT2D eigenvalue weighted by Crippen LogP contribution is 2.45. The van der Waals surface area contributed by atoms with Crippen LogP contribution in [0.4, 0.5) is 0 Å². The molecule has 2 rings (SSSR count). The van der Waals surface area contributed by atoms with Gasteiger partial charge in [0.25, 0.3) is 0 Å². The van der Waals surface area contributed by atoms with Gasteiger partial charge in [-0.25, -0.2) is 0 Å². The molecule has 1 aliphatic heterocycles. The van der Waals surface area contributed by atoms with E-state index >= 15 is 0 Å². The summed E-state index contributed by atoms with van der Waals surface area (Å²) in [7, 11) is 1.95. The number of nitrogens with one attached hydrogen (secondary N) is 1. The molecular weight excluding hydrogens is 228 g/mol. The van der Waals surface area contributed by atoms with Crippen molar-refractivity contribution in [2.75, 3.05) is 26.7 Å². The summed E-state index contributed by atoms with van der Waals surface area (Å²) in [5.74, 6) is 0.477. The molecule has 1 amide bonds. The number of hydrogen-bond donors (Lipinski definition) is 1. The summed E-state index contributed by atoms with van der Waals surface area (Å²) in [6.07, 6.45) is 2.25. The summed E-state index contributed by atoms with van der Waals surface area (Å²) in [4.78, 5) is 14.3. The molecule has 0 aromatic heterocycles. The summed E-state index contributed by atoms with van der Waals surface area (Å²) in [5, 5.41) is 3.26. The minimum atomic E-state index is 0.0758. The average Bonchev–Trinajstić information content (AvgIpc) is 2.86. The van der Waals surface area contributed by atoms with E-state index in [1.807, 2.05) is 18.9 Å². The second kappa shape index (κ2) is 5.17. The van der Waals surface area contributed by atoms with Crippen molar-refractivity contribution in [2.45, 2.75) is 45.8 Å². The first-order valence-electron chi connectivity index (χ1n) is 7.07. The van der Waals surface area contributed by atoms with Gasteiger partial charge in [-0.2, -0.15) is 0 Å². The lowest BCUT2D eigenvalue weighted by molar-refractivity contribution is -0.165. The van der Waals surface area contributed by atoms with Crippen molar-refractivity contribution >= 4 is 5.91 Å². The summed E-state index contributed by atoms with van der Waals surface area (Å²) >= 11 is 0.